The third-order valence-electron chi connectivity index (χ3n) is 2.09. The number of fused-ring (bicyclic) bond motifs is 1. The molecule has 1 heterocycles. The fraction of sp³-hybridized carbons (Fsp3) is 0.200. The first-order chi connectivity index (χ1) is 8.37. The average Bonchev–Trinajstić information content (AvgIpc) is 2.67. The molecule has 96 valence electrons. The Hall–Kier alpha value is -2.25. The topological polar surface area (TPSA) is 75.4 Å². The summed E-state index contributed by atoms with van der Waals surface area (Å²) < 4.78 is 40.9. The summed E-state index contributed by atoms with van der Waals surface area (Å²) in [6.07, 6.45) is -4.41. The quantitative estimate of drug-likeness (QED) is 0.886. The van der Waals surface area contributed by atoms with Gasteiger partial charge >= 0.3 is 12.1 Å². The van der Waals surface area contributed by atoms with Crippen molar-refractivity contribution in [3.8, 4) is 0 Å². The number of rotatable bonds is 3. The lowest BCUT2D eigenvalue weighted by Crippen LogP contribution is -2.21. The van der Waals surface area contributed by atoms with E-state index in [0.717, 1.165) is 0 Å². The molecule has 0 aliphatic carbocycles. The number of hydrogen-bond donors (Lipinski definition) is 2. The highest BCUT2D eigenvalue weighted by Crippen LogP contribution is 2.23. The molecule has 0 bridgehead atoms. The SMILES string of the molecule is O=C(O)c1cccc2oc(NCC(F)(F)F)nc12. The van der Waals surface area contributed by atoms with Crippen LogP contribution >= 0.6 is 0 Å². The minimum absolute atomic E-state index is 0.00896. The van der Waals surface area contributed by atoms with Crippen molar-refractivity contribution in [1.29, 1.82) is 0 Å². The van der Waals surface area contributed by atoms with Gasteiger partial charge in [0.15, 0.2) is 5.58 Å². The second kappa shape index (κ2) is 4.21. The van der Waals surface area contributed by atoms with Gasteiger partial charge in [-0.15, -0.1) is 0 Å². The van der Waals surface area contributed by atoms with Crippen molar-refractivity contribution >= 4 is 23.1 Å². The summed E-state index contributed by atoms with van der Waals surface area (Å²) in [4.78, 5) is 14.5. The molecule has 0 radical (unpaired) electrons. The van der Waals surface area contributed by atoms with Crippen molar-refractivity contribution < 1.29 is 27.5 Å². The van der Waals surface area contributed by atoms with Gasteiger partial charge in [-0.3, -0.25) is 0 Å². The normalized spacial score (nSPS) is 11.7. The zero-order chi connectivity index (χ0) is 13.3. The number of carboxylic acids is 1. The predicted molar refractivity (Wildman–Crippen MR) is 55.5 cm³/mol. The van der Waals surface area contributed by atoms with Crippen molar-refractivity contribution in [2.24, 2.45) is 0 Å². The highest BCUT2D eigenvalue weighted by molar-refractivity contribution is 6.00. The van der Waals surface area contributed by atoms with E-state index in [1.165, 1.54) is 18.2 Å². The Bertz CT molecular complexity index is 592. The van der Waals surface area contributed by atoms with E-state index in [1.807, 2.05) is 5.32 Å². The Morgan fingerprint density at radius 2 is 2.17 bits per heavy atom. The maximum absolute atomic E-state index is 12.0. The molecule has 0 aliphatic heterocycles. The molecule has 18 heavy (non-hydrogen) atoms. The number of para-hydroxylation sites is 1. The van der Waals surface area contributed by atoms with Crippen LogP contribution in [-0.4, -0.2) is 28.8 Å². The Morgan fingerprint density at radius 3 is 2.78 bits per heavy atom. The number of carbonyl (C=O) groups is 1. The molecule has 8 heteroatoms. The Kier molecular flexibility index (Phi) is 2.85. The molecule has 0 atom stereocenters. The molecule has 1 aromatic heterocycles. The maximum atomic E-state index is 12.0. The molecule has 0 unspecified atom stereocenters. The van der Waals surface area contributed by atoms with E-state index >= 15 is 0 Å². The minimum Gasteiger partial charge on any atom is -0.478 e. The van der Waals surface area contributed by atoms with Crippen LogP contribution in [0.1, 0.15) is 10.4 Å². The van der Waals surface area contributed by atoms with Crippen molar-refractivity contribution in [3.05, 3.63) is 23.8 Å². The molecule has 0 aliphatic rings. The van der Waals surface area contributed by atoms with Gasteiger partial charge in [-0.05, 0) is 12.1 Å². The van der Waals surface area contributed by atoms with E-state index in [0.29, 0.717) is 0 Å². The van der Waals surface area contributed by atoms with Crippen LogP contribution in [0.25, 0.3) is 11.1 Å². The lowest BCUT2D eigenvalue weighted by molar-refractivity contribution is -0.115. The number of nitrogens with one attached hydrogen (secondary N) is 1. The zero-order valence-corrected chi connectivity index (χ0v) is 8.78. The van der Waals surface area contributed by atoms with Crippen LogP contribution in [0.2, 0.25) is 0 Å². The molecular formula is C10H7F3N2O3. The zero-order valence-electron chi connectivity index (χ0n) is 8.78. The number of alkyl halides is 3. The Morgan fingerprint density at radius 1 is 1.44 bits per heavy atom. The van der Waals surface area contributed by atoms with Crippen LogP contribution in [0.5, 0.6) is 0 Å². The van der Waals surface area contributed by atoms with Crippen molar-refractivity contribution in [1.82, 2.24) is 4.98 Å². The molecule has 0 saturated heterocycles. The highest BCUT2D eigenvalue weighted by Gasteiger charge is 2.27. The number of nitrogens with zero attached hydrogens (tertiary/aromatic N) is 1. The molecule has 0 fully saturated rings. The van der Waals surface area contributed by atoms with E-state index in [9.17, 15) is 18.0 Å². The van der Waals surface area contributed by atoms with E-state index < -0.39 is 18.7 Å². The van der Waals surface area contributed by atoms with E-state index in [1.54, 1.807) is 0 Å². The summed E-state index contributed by atoms with van der Waals surface area (Å²) in [7, 11) is 0. The summed E-state index contributed by atoms with van der Waals surface area (Å²) in [5, 5.41) is 10.8. The number of aromatic nitrogens is 1. The molecule has 0 spiro atoms. The fourth-order valence-corrected chi connectivity index (χ4v) is 1.37. The first-order valence-electron chi connectivity index (χ1n) is 4.80. The lowest BCUT2D eigenvalue weighted by atomic mass is 10.2. The van der Waals surface area contributed by atoms with Crippen molar-refractivity contribution in [2.75, 3.05) is 11.9 Å². The number of halogens is 3. The molecule has 1 aromatic carbocycles. The monoisotopic (exact) mass is 260 g/mol. The average molecular weight is 260 g/mol. The fourth-order valence-electron chi connectivity index (χ4n) is 1.37. The maximum Gasteiger partial charge on any atom is 0.405 e. The first kappa shape index (κ1) is 12.2. The van der Waals surface area contributed by atoms with Gasteiger partial charge in [0.25, 0.3) is 6.01 Å². The number of aromatic carboxylic acids is 1. The first-order valence-corrected chi connectivity index (χ1v) is 4.80. The highest BCUT2D eigenvalue weighted by atomic mass is 19.4. The largest absolute Gasteiger partial charge is 0.478 e. The standard InChI is InChI=1S/C10H7F3N2O3/c11-10(12,13)4-14-9-15-7-5(8(16)17)2-1-3-6(7)18-9/h1-3H,4H2,(H,14,15)(H,16,17). The van der Waals surface area contributed by atoms with Gasteiger partial charge in [0, 0.05) is 0 Å². The van der Waals surface area contributed by atoms with E-state index in [2.05, 4.69) is 4.98 Å². The van der Waals surface area contributed by atoms with Crippen LogP contribution in [0.3, 0.4) is 0 Å². The molecular weight excluding hydrogens is 253 g/mol. The third kappa shape index (κ3) is 2.53. The van der Waals surface area contributed by atoms with Gasteiger partial charge in [0.2, 0.25) is 0 Å². The van der Waals surface area contributed by atoms with Gasteiger partial charge in [0.05, 0.1) is 5.56 Å². The molecule has 2 N–H and O–H groups in total. The van der Waals surface area contributed by atoms with Crippen LogP contribution in [0.15, 0.2) is 22.6 Å². The van der Waals surface area contributed by atoms with Crippen molar-refractivity contribution in [3.63, 3.8) is 0 Å². The van der Waals surface area contributed by atoms with Crippen LogP contribution in [-0.2, 0) is 0 Å². The Labute approximate surface area is 98.2 Å². The summed E-state index contributed by atoms with van der Waals surface area (Å²) in [6, 6.07) is 3.77. The van der Waals surface area contributed by atoms with Crippen LogP contribution in [0.4, 0.5) is 19.2 Å². The van der Waals surface area contributed by atoms with Gasteiger partial charge in [0.1, 0.15) is 12.1 Å². The van der Waals surface area contributed by atoms with Crippen molar-refractivity contribution in [2.45, 2.75) is 6.18 Å². The molecule has 2 rings (SSSR count). The van der Waals surface area contributed by atoms with Gasteiger partial charge in [-0.25, -0.2) is 4.79 Å². The number of anilines is 1. The second-order valence-electron chi connectivity index (χ2n) is 3.45. The second-order valence-corrected chi connectivity index (χ2v) is 3.45. The number of carboxylic acid groups (broad SMARTS) is 1. The van der Waals surface area contributed by atoms with E-state index in [4.69, 9.17) is 9.52 Å². The number of benzene rings is 1. The predicted octanol–water partition coefficient (Wildman–Crippen LogP) is 2.50. The van der Waals surface area contributed by atoms with Gasteiger partial charge in [-0.1, -0.05) is 6.07 Å². The molecule has 0 amide bonds. The molecule has 2 aromatic rings. The third-order valence-corrected chi connectivity index (χ3v) is 2.09. The van der Waals surface area contributed by atoms with Gasteiger partial charge in [-0.2, -0.15) is 18.2 Å². The minimum atomic E-state index is -4.41. The summed E-state index contributed by atoms with van der Waals surface area (Å²) in [6.45, 7) is -1.30. The summed E-state index contributed by atoms with van der Waals surface area (Å²) in [5.74, 6) is -1.23. The smallest absolute Gasteiger partial charge is 0.405 e. The van der Waals surface area contributed by atoms with Gasteiger partial charge < -0.3 is 14.8 Å². The lowest BCUT2D eigenvalue weighted by Gasteiger charge is -2.04. The summed E-state index contributed by atoms with van der Waals surface area (Å²) in [5.41, 5.74) is -0.00874. The van der Waals surface area contributed by atoms with E-state index in [-0.39, 0.29) is 22.7 Å². The van der Waals surface area contributed by atoms with Crippen LogP contribution in [0, 0.1) is 0 Å². The Balaban J connectivity index is 2.33. The number of hydrogen-bond acceptors (Lipinski definition) is 4. The summed E-state index contributed by atoms with van der Waals surface area (Å²) >= 11 is 0. The van der Waals surface area contributed by atoms with Crippen LogP contribution < -0.4 is 5.32 Å². The molecule has 0 saturated carbocycles. The number of oxazole rings is 1. The molecule has 5 nitrogen and oxygen atoms in total.